The van der Waals surface area contributed by atoms with Gasteiger partial charge in [0, 0.05) is 39.0 Å². The predicted octanol–water partition coefficient (Wildman–Crippen LogP) is 6.82. The van der Waals surface area contributed by atoms with Crippen LogP contribution in [-0.2, 0) is 0 Å². The molecule has 3 nitrogen and oxygen atoms in total. The van der Waals surface area contributed by atoms with E-state index in [9.17, 15) is 4.79 Å². The third-order valence-electron chi connectivity index (χ3n) is 5.89. The number of pyridine rings is 1. The van der Waals surface area contributed by atoms with Crippen LogP contribution >= 0.6 is 11.8 Å². The zero-order valence-corrected chi connectivity index (χ0v) is 18.5. The molecule has 4 aromatic rings. The number of rotatable bonds is 3. The molecule has 0 radical (unpaired) electrons. The van der Waals surface area contributed by atoms with Gasteiger partial charge in [-0.15, -0.1) is 11.8 Å². The Morgan fingerprint density at radius 2 is 1.81 bits per heavy atom. The lowest BCUT2D eigenvalue weighted by atomic mass is 9.94. The molecule has 2 heterocycles. The maximum absolute atomic E-state index is 13.4. The van der Waals surface area contributed by atoms with E-state index in [1.165, 1.54) is 16.0 Å². The number of amides is 1. The van der Waals surface area contributed by atoms with E-state index in [-0.39, 0.29) is 17.2 Å². The molecule has 1 amide bonds. The summed E-state index contributed by atoms with van der Waals surface area (Å²) in [5.41, 5.74) is 5.22. The predicted molar refractivity (Wildman–Crippen MR) is 129 cm³/mol. The van der Waals surface area contributed by atoms with E-state index in [1.807, 2.05) is 59.3 Å². The van der Waals surface area contributed by atoms with E-state index in [0.717, 1.165) is 28.6 Å². The van der Waals surface area contributed by atoms with Crippen molar-refractivity contribution in [2.45, 2.75) is 36.5 Å². The first-order valence-corrected chi connectivity index (χ1v) is 11.5. The minimum atomic E-state index is 0.0634. The number of benzene rings is 3. The highest BCUT2D eigenvalue weighted by molar-refractivity contribution is 7.99. The van der Waals surface area contributed by atoms with Gasteiger partial charge in [-0.3, -0.25) is 9.78 Å². The summed E-state index contributed by atoms with van der Waals surface area (Å²) in [5, 5.41) is 1.42. The van der Waals surface area contributed by atoms with Crippen LogP contribution in [0.5, 0.6) is 0 Å². The van der Waals surface area contributed by atoms with Gasteiger partial charge in [0.25, 0.3) is 5.91 Å². The molecule has 0 spiro atoms. The first-order chi connectivity index (χ1) is 15.1. The number of hydrogen-bond donors (Lipinski definition) is 0. The molecule has 4 heteroatoms. The van der Waals surface area contributed by atoms with Gasteiger partial charge in [0.05, 0.1) is 5.52 Å². The number of para-hydroxylation sites is 1. The smallest absolute Gasteiger partial charge is 0.258 e. The van der Waals surface area contributed by atoms with E-state index in [2.05, 4.69) is 61.3 Å². The van der Waals surface area contributed by atoms with Gasteiger partial charge >= 0.3 is 0 Å². The highest BCUT2D eigenvalue weighted by Crippen LogP contribution is 2.48. The summed E-state index contributed by atoms with van der Waals surface area (Å²) >= 11 is 1.86. The van der Waals surface area contributed by atoms with Crippen molar-refractivity contribution in [1.82, 2.24) is 4.98 Å². The van der Waals surface area contributed by atoms with Crippen LogP contribution in [0.3, 0.4) is 0 Å². The molecular weight excluding hydrogens is 400 g/mol. The van der Waals surface area contributed by atoms with E-state index in [4.69, 9.17) is 0 Å². The summed E-state index contributed by atoms with van der Waals surface area (Å²) in [6.07, 6.45) is 2.75. The second-order valence-corrected chi connectivity index (χ2v) is 9.37. The minimum Gasteiger partial charge on any atom is -0.305 e. The van der Waals surface area contributed by atoms with Gasteiger partial charge in [0.2, 0.25) is 0 Å². The van der Waals surface area contributed by atoms with E-state index >= 15 is 0 Å². The van der Waals surface area contributed by atoms with Crippen LogP contribution in [0, 0.1) is 6.92 Å². The van der Waals surface area contributed by atoms with Crippen molar-refractivity contribution in [2.75, 3.05) is 4.90 Å². The molecule has 2 atom stereocenters. The Bertz CT molecular complexity index is 1250. The minimum absolute atomic E-state index is 0.0634. The number of nitrogens with zero attached hydrogens (tertiary/aromatic N) is 2. The van der Waals surface area contributed by atoms with Crippen LogP contribution in [0.4, 0.5) is 5.69 Å². The van der Waals surface area contributed by atoms with Crippen LogP contribution in [0.2, 0.25) is 0 Å². The number of aryl methyl sites for hydroxylation is 1. The zero-order valence-electron chi connectivity index (χ0n) is 17.7. The molecular formula is C27H24N2OS. The molecule has 154 valence electrons. The lowest BCUT2D eigenvalue weighted by Gasteiger charge is -2.39. The number of fused-ring (bicyclic) bond motifs is 2. The topological polar surface area (TPSA) is 33.2 Å². The summed E-state index contributed by atoms with van der Waals surface area (Å²) < 4.78 is 0. The molecule has 1 aliphatic rings. The van der Waals surface area contributed by atoms with Crippen LogP contribution in [0.1, 0.15) is 40.1 Å². The van der Waals surface area contributed by atoms with Crippen LogP contribution in [0.25, 0.3) is 10.9 Å². The Morgan fingerprint density at radius 1 is 1.00 bits per heavy atom. The van der Waals surface area contributed by atoms with Gasteiger partial charge in [-0.1, -0.05) is 54.1 Å². The number of carbonyl (C=O) groups is 1. The first kappa shape index (κ1) is 19.8. The summed E-state index contributed by atoms with van der Waals surface area (Å²) in [6.45, 7) is 4.27. The van der Waals surface area contributed by atoms with Crippen LogP contribution < -0.4 is 4.90 Å². The van der Waals surface area contributed by atoms with Crippen molar-refractivity contribution in [3.8, 4) is 0 Å². The molecule has 1 aliphatic heterocycles. The van der Waals surface area contributed by atoms with E-state index in [1.54, 1.807) is 0 Å². The Morgan fingerprint density at radius 3 is 2.65 bits per heavy atom. The van der Waals surface area contributed by atoms with Crippen molar-refractivity contribution < 1.29 is 4.79 Å². The normalized spacial score (nSPS) is 18.1. The molecule has 5 rings (SSSR count). The number of anilines is 1. The summed E-state index contributed by atoms with van der Waals surface area (Å²) in [5.74, 6) is 0.0634. The van der Waals surface area contributed by atoms with Crippen molar-refractivity contribution in [3.63, 3.8) is 0 Å². The fraction of sp³-hybridized carbons (Fsp3) is 0.185. The lowest BCUT2D eigenvalue weighted by molar-refractivity contribution is 0.0975. The van der Waals surface area contributed by atoms with Gasteiger partial charge < -0.3 is 4.90 Å². The molecule has 1 aromatic heterocycles. The Balaban J connectivity index is 1.56. The monoisotopic (exact) mass is 424 g/mol. The SMILES string of the molecule is Cc1ccc2c(c1)[C@@H](Sc1cccc3cccnc13)C[C@H](C)N2C(=O)c1ccccc1. The van der Waals surface area contributed by atoms with Crippen LogP contribution in [-0.4, -0.2) is 16.9 Å². The maximum Gasteiger partial charge on any atom is 0.258 e. The molecule has 0 N–H and O–H groups in total. The van der Waals surface area contributed by atoms with Gasteiger partial charge in [-0.2, -0.15) is 0 Å². The summed E-state index contributed by atoms with van der Waals surface area (Å²) in [4.78, 5) is 21.2. The fourth-order valence-electron chi connectivity index (χ4n) is 4.40. The van der Waals surface area contributed by atoms with Crippen LogP contribution in [0.15, 0.2) is 90.0 Å². The molecule has 0 saturated heterocycles. The average Bonchev–Trinajstić information content (AvgIpc) is 2.80. The number of thioether (sulfide) groups is 1. The largest absolute Gasteiger partial charge is 0.305 e. The third kappa shape index (κ3) is 3.72. The van der Waals surface area contributed by atoms with Gasteiger partial charge in [0.15, 0.2) is 0 Å². The van der Waals surface area contributed by atoms with Crippen molar-refractivity contribution in [2.24, 2.45) is 0 Å². The Kier molecular flexibility index (Phi) is 5.24. The average molecular weight is 425 g/mol. The molecule has 3 aromatic carbocycles. The fourth-order valence-corrected chi connectivity index (χ4v) is 5.83. The second-order valence-electron chi connectivity index (χ2n) is 8.13. The summed E-state index contributed by atoms with van der Waals surface area (Å²) in [6, 6.07) is 26.6. The molecule has 31 heavy (non-hydrogen) atoms. The summed E-state index contributed by atoms with van der Waals surface area (Å²) in [7, 11) is 0. The standard InChI is InChI=1S/C27H24N2OS/c1-18-13-14-23-22(16-18)25(31-24-12-6-10-20-11-7-15-28-26(20)24)17-19(2)29(23)27(30)21-8-4-3-5-9-21/h3-16,19,25H,17H2,1-2H3/t19-,25-/m0/s1. The first-order valence-electron chi connectivity index (χ1n) is 10.6. The van der Waals surface area contributed by atoms with Gasteiger partial charge in [-0.05, 0) is 56.2 Å². The van der Waals surface area contributed by atoms with Crippen molar-refractivity contribution >= 4 is 34.3 Å². The molecule has 0 bridgehead atoms. The van der Waals surface area contributed by atoms with Gasteiger partial charge in [-0.25, -0.2) is 0 Å². The molecule has 0 fully saturated rings. The van der Waals surface area contributed by atoms with E-state index in [0.29, 0.717) is 0 Å². The van der Waals surface area contributed by atoms with Crippen molar-refractivity contribution in [1.29, 1.82) is 0 Å². The number of aromatic nitrogens is 1. The van der Waals surface area contributed by atoms with Gasteiger partial charge in [0.1, 0.15) is 0 Å². The quantitative estimate of drug-likeness (QED) is 0.362. The molecule has 0 unspecified atom stereocenters. The second kappa shape index (κ2) is 8.20. The number of carbonyl (C=O) groups excluding carboxylic acids is 1. The van der Waals surface area contributed by atoms with Crippen molar-refractivity contribution in [3.05, 3.63) is 102 Å². The Hall–Kier alpha value is -3.11. The molecule has 0 aliphatic carbocycles. The maximum atomic E-state index is 13.4. The third-order valence-corrected chi connectivity index (χ3v) is 7.20. The zero-order chi connectivity index (χ0) is 21.4. The highest BCUT2D eigenvalue weighted by Gasteiger charge is 2.35. The molecule has 0 saturated carbocycles. The Labute approximate surface area is 187 Å². The highest BCUT2D eigenvalue weighted by atomic mass is 32.2. The van der Waals surface area contributed by atoms with E-state index < -0.39 is 0 Å². The number of hydrogen-bond acceptors (Lipinski definition) is 3. The lowest BCUT2D eigenvalue weighted by Crippen LogP contribution is -2.42.